The highest BCUT2D eigenvalue weighted by atomic mass is 16.6. The summed E-state index contributed by atoms with van der Waals surface area (Å²) in [6.45, 7) is 2.47. The van der Waals surface area contributed by atoms with Gasteiger partial charge < -0.3 is 20.3 Å². The summed E-state index contributed by atoms with van der Waals surface area (Å²) in [6.07, 6.45) is 0.877. The molecule has 0 radical (unpaired) electrons. The van der Waals surface area contributed by atoms with Gasteiger partial charge >= 0.3 is 5.69 Å². The van der Waals surface area contributed by atoms with Gasteiger partial charge in [-0.15, -0.1) is 0 Å². The van der Waals surface area contributed by atoms with Gasteiger partial charge in [0, 0.05) is 12.6 Å². The molecule has 7 heteroatoms. The lowest BCUT2D eigenvalue weighted by Crippen LogP contribution is -2.48. The molecule has 2 bridgehead atoms. The summed E-state index contributed by atoms with van der Waals surface area (Å²) < 4.78 is 12.8. The smallest absolute Gasteiger partial charge is 0.351 e. The molecule has 4 atom stereocenters. The van der Waals surface area contributed by atoms with Crippen LogP contribution in [0.25, 0.3) is 0 Å². The number of nitrogens with zero attached hydrogens (tertiary/aromatic N) is 2. The largest absolute Gasteiger partial charge is 0.387 e. The summed E-state index contributed by atoms with van der Waals surface area (Å²) in [5, 5.41) is 10.3. The number of fused-ring (bicyclic) bond motifs is 2. The van der Waals surface area contributed by atoms with Crippen molar-refractivity contribution in [3.63, 3.8) is 0 Å². The zero-order chi connectivity index (χ0) is 13.6. The number of hydrogen-bond acceptors (Lipinski definition) is 6. The molecule has 3 N–H and O–H groups in total. The third-order valence-corrected chi connectivity index (χ3v) is 4.05. The first-order chi connectivity index (χ1) is 9.07. The number of ether oxygens (including phenoxy) is 2. The predicted molar refractivity (Wildman–Crippen MR) is 66.4 cm³/mol. The van der Waals surface area contributed by atoms with Gasteiger partial charge in [0.1, 0.15) is 23.6 Å². The van der Waals surface area contributed by atoms with Crippen molar-refractivity contribution in [2.45, 2.75) is 43.8 Å². The van der Waals surface area contributed by atoms with Crippen molar-refractivity contribution in [1.82, 2.24) is 9.55 Å². The van der Waals surface area contributed by atoms with Crippen LogP contribution in [0.2, 0.25) is 0 Å². The van der Waals surface area contributed by atoms with Gasteiger partial charge in [0.05, 0.1) is 6.61 Å². The van der Waals surface area contributed by atoms with Gasteiger partial charge in [0.25, 0.3) is 0 Å². The molecule has 2 aliphatic heterocycles. The predicted octanol–water partition coefficient (Wildman–Crippen LogP) is -0.347. The van der Waals surface area contributed by atoms with Gasteiger partial charge in [-0.1, -0.05) is 6.92 Å². The maximum Gasteiger partial charge on any atom is 0.351 e. The van der Waals surface area contributed by atoms with Crippen molar-refractivity contribution >= 4 is 5.82 Å². The topological polar surface area (TPSA) is 99.6 Å². The van der Waals surface area contributed by atoms with Crippen LogP contribution in [0.4, 0.5) is 5.82 Å². The van der Waals surface area contributed by atoms with Gasteiger partial charge in [-0.25, -0.2) is 4.79 Å². The Morgan fingerprint density at radius 2 is 2.47 bits per heavy atom. The molecule has 2 fully saturated rings. The maximum absolute atomic E-state index is 11.9. The van der Waals surface area contributed by atoms with E-state index in [-0.39, 0.29) is 5.82 Å². The molecule has 0 unspecified atom stereocenters. The van der Waals surface area contributed by atoms with Crippen LogP contribution in [0.3, 0.4) is 0 Å². The number of rotatable bonds is 2. The fraction of sp³-hybridized carbons (Fsp3) is 0.667. The van der Waals surface area contributed by atoms with Crippen LogP contribution in [-0.4, -0.2) is 39.1 Å². The molecule has 104 valence electrons. The minimum atomic E-state index is -0.735. The summed E-state index contributed by atoms with van der Waals surface area (Å²) in [7, 11) is 0. The molecule has 3 heterocycles. The summed E-state index contributed by atoms with van der Waals surface area (Å²) in [4.78, 5) is 15.5. The minimum Gasteiger partial charge on any atom is -0.387 e. The Hall–Kier alpha value is -1.44. The van der Waals surface area contributed by atoms with Crippen molar-refractivity contribution in [1.29, 1.82) is 0 Å². The van der Waals surface area contributed by atoms with Crippen molar-refractivity contribution < 1.29 is 14.6 Å². The van der Waals surface area contributed by atoms with E-state index in [9.17, 15) is 9.90 Å². The Balaban J connectivity index is 2.01. The summed E-state index contributed by atoms with van der Waals surface area (Å²) >= 11 is 0. The molecule has 0 aliphatic carbocycles. The second-order valence-corrected chi connectivity index (χ2v) is 5.00. The molecule has 2 aliphatic rings. The van der Waals surface area contributed by atoms with Crippen LogP contribution in [-0.2, 0) is 9.47 Å². The van der Waals surface area contributed by atoms with E-state index in [2.05, 4.69) is 4.98 Å². The van der Waals surface area contributed by atoms with Crippen molar-refractivity contribution in [3.8, 4) is 0 Å². The summed E-state index contributed by atoms with van der Waals surface area (Å²) in [5.41, 5.74) is 4.34. The molecule has 3 rings (SSSR count). The molecular formula is C12H17N3O4. The average Bonchev–Trinajstić information content (AvgIpc) is 2.56. The van der Waals surface area contributed by atoms with E-state index in [0.29, 0.717) is 19.4 Å². The molecule has 1 aromatic heterocycles. The van der Waals surface area contributed by atoms with E-state index in [0.717, 1.165) is 0 Å². The van der Waals surface area contributed by atoms with Gasteiger partial charge in [-0.05, 0) is 12.5 Å². The average molecular weight is 267 g/mol. The standard InChI is InChI=1S/C12H17N3O4/c1-2-12-4-6-18-8(9(12)16)10(19-12)15-5-3-7(13)14-11(15)17/h3,5,8-10,16H,2,4,6H2,1H3,(H2,13,14,17)/t8-,9+,10-,12+/m0/s1. The van der Waals surface area contributed by atoms with Gasteiger partial charge in [-0.3, -0.25) is 4.57 Å². The lowest BCUT2D eigenvalue weighted by molar-refractivity contribution is -0.123. The first-order valence-electron chi connectivity index (χ1n) is 6.39. The van der Waals surface area contributed by atoms with E-state index < -0.39 is 29.7 Å². The molecule has 19 heavy (non-hydrogen) atoms. The zero-order valence-electron chi connectivity index (χ0n) is 10.7. The van der Waals surface area contributed by atoms with E-state index in [4.69, 9.17) is 15.2 Å². The highest BCUT2D eigenvalue weighted by molar-refractivity contribution is 5.23. The second kappa shape index (κ2) is 4.29. The van der Waals surface area contributed by atoms with Crippen molar-refractivity contribution in [2.75, 3.05) is 12.3 Å². The van der Waals surface area contributed by atoms with E-state index in [1.807, 2.05) is 6.92 Å². The fourth-order valence-corrected chi connectivity index (χ4v) is 2.88. The number of aliphatic hydroxyl groups is 1. The van der Waals surface area contributed by atoms with E-state index in [1.54, 1.807) is 0 Å². The van der Waals surface area contributed by atoms with Gasteiger partial charge in [-0.2, -0.15) is 4.98 Å². The van der Waals surface area contributed by atoms with Gasteiger partial charge in [0.15, 0.2) is 6.23 Å². The van der Waals surface area contributed by atoms with Crippen LogP contribution >= 0.6 is 0 Å². The lowest BCUT2D eigenvalue weighted by atomic mass is 9.87. The SMILES string of the molecule is CC[C@@]12CCO[C@@H]([C@H]1O)[C@@H](n1ccc(N)nc1=O)O2. The van der Waals surface area contributed by atoms with Crippen LogP contribution in [0.1, 0.15) is 26.0 Å². The Morgan fingerprint density at radius 3 is 3.11 bits per heavy atom. The number of aromatic nitrogens is 2. The Labute approximate surface area is 110 Å². The molecule has 0 saturated carbocycles. The molecule has 1 aromatic rings. The van der Waals surface area contributed by atoms with E-state index >= 15 is 0 Å². The summed E-state index contributed by atoms with van der Waals surface area (Å²) in [5.74, 6) is 0.161. The van der Waals surface area contributed by atoms with Crippen molar-refractivity contribution in [3.05, 3.63) is 22.7 Å². The Kier molecular flexibility index (Phi) is 2.84. The van der Waals surface area contributed by atoms with Crippen LogP contribution in [0.15, 0.2) is 17.1 Å². The highest BCUT2D eigenvalue weighted by Gasteiger charge is 2.57. The molecule has 0 amide bonds. The molecule has 2 saturated heterocycles. The number of nitrogen functional groups attached to an aromatic ring is 1. The van der Waals surface area contributed by atoms with Crippen molar-refractivity contribution in [2.24, 2.45) is 0 Å². The third kappa shape index (κ3) is 1.77. The molecule has 0 spiro atoms. The zero-order valence-corrected chi connectivity index (χ0v) is 10.7. The Bertz CT molecular complexity index is 546. The first-order valence-corrected chi connectivity index (χ1v) is 6.39. The lowest BCUT2D eigenvalue weighted by Gasteiger charge is -2.34. The van der Waals surface area contributed by atoms with E-state index in [1.165, 1.54) is 16.8 Å². The number of hydrogen-bond donors (Lipinski definition) is 2. The van der Waals surface area contributed by atoms with Crippen LogP contribution in [0.5, 0.6) is 0 Å². The van der Waals surface area contributed by atoms with Gasteiger partial charge in [0.2, 0.25) is 0 Å². The second-order valence-electron chi connectivity index (χ2n) is 5.00. The number of aliphatic hydroxyl groups excluding tert-OH is 1. The normalized spacial score (nSPS) is 37.5. The number of anilines is 1. The maximum atomic E-state index is 11.9. The third-order valence-electron chi connectivity index (χ3n) is 4.05. The number of nitrogens with two attached hydrogens (primary N) is 1. The Morgan fingerprint density at radius 1 is 1.68 bits per heavy atom. The molecule has 7 nitrogen and oxygen atoms in total. The highest BCUT2D eigenvalue weighted by Crippen LogP contribution is 2.45. The monoisotopic (exact) mass is 267 g/mol. The quantitative estimate of drug-likeness (QED) is 0.760. The van der Waals surface area contributed by atoms with Crippen LogP contribution in [0, 0.1) is 0 Å². The molecular weight excluding hydrogens is 250 g/mol. The van der Waals surface area contributed by atoms with Crippen LogP contribution < -0.4 is 11.4 Å². The fourth-order valence-electron chi connectivity index (χ4n) is 2.88. The summed E-state index contributed by atoms with van der Waals surface area (Å²) in [6, 6.07) is 1.53. The molecule has 0 aromatic carbocycles. The first kappa shape index (κ1) is 12.6. The minimum absolute atomic E-state index is 0.161.